The molecule has 1 fully saturated rings. The van der Waals surface area contributed by atoms with Crippen LogP contribution in [0.3, 0.4) is 0 Å². The minimum absolute atomic E-state index is 0.162. The summed E-state index contributed by atoms with van der Waals surface area (Å²) in [7, 11) is -3.64. The summed E-state index contributed by atoms with van der Waals surface area (Å²) in [5.41, 5.74) is 5.97. The van der Waals surface area contributed by atoms with Crippen LogP contribution in [0.5, 0.6) is 0 Å². The van der Waals surface area contributed by atoms with E-state index in [9.17, 15) is 8.42 Å². The Hall–Kier alpha value is -1.47. The highest BCUT2D eigenvalue weighted by atomic mass is 35.5. The van der Waals surface area contributed by atoms with Crippen molar-refractivity contribution in [2.75, 3.05) is 13.2 Å². The lowest BCUT2D eigenvalue weighted by molar-refractivity contribution is 0.121. The molecule has 138 valence electrons. The molecule has 0 amide bonds. The molecule has 1 aliphatic carbocycles. The van der Waals surface area contributed by atoms with E-state index in [0.29, 0.717) is 11.6 Å². The van der Waals surface area contributed by atoms with Gasteiger partial charge < -0.3 is 10.5 Å². The Morgan fingerprint density at radius 1 is 1.19 bits per heavy atom. The molecule has 0 aromatic heterocycles. The highest BCUT2D eigenvalue weighted by Crippen LogP contribution is 2.64. The topological polar surface area (TPSA) is 69.4 Å². The van der Waals surface area contributed by atoms with Gasteiger partial charge in [0.2, 0.25) is 0 Å². The Labute approximate surface area is 164 Å². The van der Waals surface area contributed by atoms with Crippen LogP contribution in [0.1, 0.15) is 18.4 Å². The SMILES string of the molecule is CCOC[C@]1(C(N)=S)[C@H](c2ccc(Cl)cc2)[C@@H]1S(=O)(=O)c1ccccc1. The fraction of sp³-hybridized carbons (Fsp3) is 0.316. The third-order valence-corrected chi connectivity index (χ3v) is 7.82. The number of rotatable bonds is 7. The smallest absolute Gasteiger partial charge is 0.182 e. The summed E-state index contributed by atoms with van der Waals surface area (Å²) in [6.07, 6.45) is 0. The lowest BCUT2D eigenvalue weighted by Gasteiger charge is -2.17. The van der Waals surface area contributed by atoms with Crippen LogP contribution in [0.25, 0.3) is 0 Å². The zero-order valence-electron chi connectivity index (χ0n) is 14.3. The minimum Gasteiger partial charge on any atom is -0.393 e. The molecule has 0 unspecified atom stereocenters. The molecule has 3 rings (SSSR count). The lowest BCUT2D eigenvalue weighted by Crippen LogP contribution is -2.33. The van der Waals surface area contributed by atoms with Gasteiger partial charge in [0.1, 0.15) is 0 Å². The Morgan fingerprint density at radius 2 is 1.81 bits per heavy atom. The standard InChI is InChI=1S/C19H20ClNO3S2/c1-2-24-12-19(18(21)25)16(13-8-10-14(20)11-9-13)17(19)26(22,23)15-6-4-3-5-7-15/h3-11,16-17H,2,12H2,1H3,(H2,21,25)/t16-,17+,19+/m1/s1. The maximum atomic E-state index is 13.3. The highest BCUT2D eigenvalue weighted by Gasteiger charge is 2.73. The van der Waals surface area contributed by atoms with Crippen LogP contribution < -0.4 is 5.73 Å². The average Bonchev–Trinajstić information content (AvgIpc) is 3.33. The van der Waals surface area contributed by atoms with Crippen LogP contribution >= 0.6 is 23.8 Å². The second-order valence-corrected chi connectivity index (χ2v) is 9.30. The molecule has 7 heteroatoms. The quantitative estimate of drug-likeness (QED) is 0.707. The summed E-state index contributed by atoms with van der Waals surface area (Å²) in [6, 6.07) is 15.5. The fourth-order valence-corrected chi connectivity index (χ4v) is 6.49. The van der Waals surface area contributed by atoms with Crippen molar-refractivity contribution in [1.82, 2.24) is 0 Å². The first kappa shape index (κ1) is 19.3. The lowest BCUT2D eigenvalue weighted by atomic mass is 10.00. The normalized spacial score (nSPS) is 25.0. The van der Waals surface area contributed by atoms with Gasteiger partial charge in [0.15, 0.2) is 9.84 Å². The Bertz CT molecular complexity index is 900. The van der Waals surface area contributed by atoms with Crippen LogP contribution in [-0.2, 0) is 14.6 Å². The van der Waals surface area contributed by atoms with Gasteiger partial charge in [-0.15, -0.1) is 0 Å². The zero-order valence-corrected chi connectivity index (χ0v) is 16.7. The van der Waals surface area contributed by atoms with E-state index in [0.717, 1.165) is 5.56 Å². The third-order valence-electron chi connectivity index (χ3n) is 4.90. The van der Waals surface area contributed by atoms with Crippen molar-refractivity contribution in [3.8, 4) is 0 Å². The molecule has 2 aromatic rings. The van der Waals surface area contributed by atoms with E-state index < -0.39 is 20.5 Å². The first-order chi connectivity index (χ1) is 12.4. The number of thiocarbonyl (C=S) groups is 1. The summed E-state index contributed by atoms with van der Waals surface area (Å²) < 4.78 is 32.3. The summed E-state index contributed by atoms with van der Waals surface area (Å²) in [5.74, 6) is -0.367. The minimum atomic E-state index is -3.64. The van der Waals surface area contributed by atoms with Crippen LogP contribution in [-0.4, -0.2) is 31.9 Å². The van der Waals surface area contributed by atoms with Crippen LogP contribution in [0, 0.1) is 5.41 Å². The van der Waals surface area contributed by atoms with E-state index in [1.54, 1.807) is 42.5 Å². The number of nitrogens with two attached hydrogens (primary N) is 1. The van der Waals surface area contributed by atoms with E-state index in [1.807, 2.05) is 19.1 Å². The Balaban J connectivity index is 2.10. The maximum Gasteiger partial charge on any atom is 0.182 e. The summed E-state index contributed by atoms with van der Waals surface area (Å²) >= 11 is 11.3. The average molecular weight is 410 g/mol. The Kier molecular flexibility index (Phi) is 5.40. The monoisotopic (exact) mass is 409 g/mol. The molecule has 0 radical (unpaired) electrons. The number of sulfone groups is 1. The number of hydrogen-bond donors (Lipinski definition) is 1. The third kappa shape index (κ3) is 3.16. The number of hydrogen-bond acceptors (Lipinski definition) is 4. The molecule has 0 bridgehead atoms. The second kappa shape index (κ2) is 7.27. The molecule has 0 heterocycles. The van der Waals surface area contributed by atoms with Crippen LogP contribution in [0.15, 0.2) is 59.5 Å². The number of ether oxygens (including phenoxy) is 1. The van der Waals surface area contributed by atoms with E-state index in [2.05, 4.69) is 0 Å². The Morgan fingerprint density at radius 3 is 2.35 bits per heavy atom. The van der Waals surface area contributed by atoms with E-state index in [-0.39, 0.29) is 22.4 Å². The fourth-order valence-electron chi connectivity index (χ4n) is 3.57. The van der Waals surface area contributed by atoms with Gasteiger partial charge in [0, 0.05) is 17.5 Å². The van der Waals surface area contributed by atoms with Crippen LogP contribution in [0.4, 0.5) is 0 Å². The molecule has 4 nitrogen and oxygen atoms in total. The molecule has 0 spiro atoms. The first-order valence-electron chi connectivity index (χ1n) is 8.27. The largest absolute Gasteiger partial charge is 0.393 e. The van der Waals surface area contributed by atoms with E-state index in [4.69, 9.17) is 34.3 Å². The molecule has 0 aliphatic heterocycles. The highest BCUT2D eigenvalue weighted by molar-refractivity contribution is 7.92. The van der Waals surface area contributed by atoms with E-state index >= 15 is 0 Å². The molecule has 3 atom stereocenters. The predicted octanol–water partition coefficient (Wildman–Crippen LogP) is 3.59. The van der Waals surface area contributed by atoms with Gasteiger partial charge in [-0.3, -0.25) is 0 Å². The van der Waals surface area contributed by atoms with Crippen LogP contribution in [0.2, 0.25) is 5.02 Å². The maximum absolute atomic E-state index is 13.3. The predicted molar refractivity (Wildman–Crippen MR) is 107 cm³/mol. The summed E-state index contributed by atoms with van der Waals surface area (Å²) in [6.45, 7) is 2.48. The molecular weight excluding hydrogens is 390 g/mol. The van der Waals surface area contributed by atoms with Crippen molar-refractivity contribution in [1.29, 1.82) is 0 Å². The summed E-state index contributed by atoms with van der Waals surface area (Å²) in [4.78, 5) is 0.425. The van der Waals surface area contributed by atoms with Crippen molar-refractivity contribution >= 4 is 38.6 Å². The van der Waals surface area contributed by atoms with Crippen molar-refractivity contribution in [3.63, 3.8) is 0 Å². The van der Waals surface area contributed by atoms with Crippen molar-refractivity contribution < 1.29 is 13.2 Å². The first-order valence-corrected chi connectivity index (χ1v) is 10.6. The molecule has 2 aromatic carbocycles. The molecule has 0 saturated heterocycles. The number of halogens is 1. The van der Waals surface area contributed by atoms with E-state index in [1.165, 1.54) is 0 Å². The van der Waals surface area contributed by atoms with Gasteiger partial charge >= 0.3 is 0 Å². The van der Waals surface area contributed by atoms with Gasteiger partial charge in [-0.1, -0.05) is 54.2 Å². The second-order valence-electron chi connectivity index (χ2n) is 6.35. The van der Waals surface area contributed by atoms with Crippen molar-refractivity contribution in [3.05, 3.63) is 65.2 Å². The molecule has 1 aliphatic rings. The molecular formula is C19H20ClNO3S2. The molecule has 1 saturated carbocycles. The zero-order chi connectivity index (χ0) is 18.9. The van der Waals surface area contributed by atoms with Crippen molar-refractivity contribution in [2.24, 2.45) is 11.1 Å². The van der Waals surface area contributed by atoms with Crippen molar-refractivity contribution in [2.45, 2.75) is 23.0 Å². The van der Waals surface area contributed by atoms with Gasteiger partial charge in [-0.25, -0.2) is 8.42 Å². The van der Waals surface area contributed by atoms with Gasteiger partial charge in [0.25, 0.3) is 0 Å². The molecule has 26 heavy (non-hydrogen) atoms. The molecule has 2 N–H and O–H groups in total. The van der Waals surface area contributed by atoms with Gasteiger partial charge in [-0.05, 0) is 36.8 Å². The van der Waals surface area contributed by atoms with Gasteiger partial charge in [0.05, 0.1) is 27.2 Å². The summed E-state index contributed by atoms with van der Waals surface area (Å²) in [5, 5.41) is -0.176. The van der Waals surface area contributed by atoms with Gasteiger partial charge in [-0.2, -0.15) is 0 Å². The number of benzene rings is 2.